The van der Waals surface area contributed by atoms with Crippen molar-refractivity contribution in [1.82, 2.24) is 21.3 Å². The van der Waals surface area contributed by atoms with Crippen LogP contribution in [0.4, 0.5) is 13.6 Å². The van der Waals surface area contributed by atoms with Crippen molar-refractivity contribution in [2.24, 2.45) is 17.8 Å². The minimum atomic E-state index is -2.90. The van der Waals surface area contributed by atoms with Gasteiger partial charge in [0.2, 0.25) is 24.1 Å². The zero-order chi connectivity index (χ0) is 33.4. The summed E-state index contributed by atoms with van der Waals surface area (Å²) in [4.78, 5) is 62.5. The lowest BCUT2D eigenvalue weighted by Gasteiger charge is -2.27. The molecule has 0 aliphatic heterocycles. The second kappa shape index (κ2) is 19.5. The number of alkyl halides is 2. The number of aliphatic carboxylic acids is 1. The number of hydrogen-bond acceptors (Lipinski definition) is 6. The molecule has 0 fully saturated rings. The molecule has 0 aliphatic rings. The molecule has 0 saturated heterocycles. The van der Waals surface area contributed by atoms with E-state index in [2.05, 4.69) is 21.3 Å². The number of amides is 4. The molecule has 0 spiro atoms. The molecule has 0 unspecified atom stereocenters. The Morgan fingerprint density at radius 3 is 1.86 bits per heavy atom. The Morgan fingerprint density at radius 1 is 0.773 bits per heavy atom. The smallest absolute Gasteiger partial charge is 0.407 e. The monoisotopic (exact) mass is 626 g/mol. The molecule has 1 rings (SSSR count). The SMILES string of the molecule is CC(C)COC(=O)N[C@H](C(=O)N[C@@H](CC(C)C)C(=O)N[C@@H](CC(F)F)C(=O)NCCc1ccccc1CCC(=O)O)C(C)C. The van der Waals surface area contributed by atoms with Crippen molar-refractivity contribution < 1.29 is 42.6 Å². The first-order valence-electron chi connectivity index (χ1n) is 15.0. The van der Waals surface area contributed by atoms with Crippen molar-refractivity contribution in [2.45, 2.75) is 98.2 Å². The highest BCUT2D eigenvalue weighted by Crippen LogP contribution is 2.13. The Labute approximate surface area is 258 Å². The summed E-state index contributed by atoms with van der Waals surface area (Å²) < 4.78 is 32.0. The maximum atomic E-state index is 13.4. The summed E-state index contributed by atoms with van der Waals surface area (Å²) in [5, 5.41) is 19.0. The van der Waals surface area contributed by atoms with Crippen LogP contribution < -0.4 is 21.3 Å². The van der Waals surface area contributed by atoms with Gasteiger partial charge in [0.1, 0.15) is 18.1 Å². The van der Waals surface area contributed by atoms with Gasteiger partial charge in [-0.15, -0.1) is 0 Å². The van der Waals surface area contributed by atoms with Gasteiger partial charge in [-0.3, -0.25) is 19.2 Å². The van der Waals surface area contributed by atoms with Crippen LogP contribution in [0.5, 0.6) is 0 Å². The lowest BCUT2D eigenvalue weighted by atomic mass is 9.99. The van der Waals surface area contributed by atoms with Crippen LogP contribution in [-0.2, 0) is 36.8 Å². The number of hydrogen-bond donors (Lipinski definition) is 5. The van der Waals surface area contributed by atoms with E-state index in [1.54, 1.807) is 38.1 Å². The second-order valence-corrected chi connectivity index (χ2v) is 11.9. The highest BCUT2D eigenvalue weighted by atomic mass is 19.3. The van der Waals surface area contributed by atoms with E-state index < -0.39 is 60.8 Å². The fourth-order valence-electron chi connectivity index (χ4n) is 4.32. The van der Waals surface area contributed by atoms with Gasteiger partial charge < -0.3 is 31.1 Å². The summed E-state index contributed by atoms with van der Waals surface area (Å²) in [5.41, 5.74) is 1.61. The zero-order valence-corrected chi connectivity index (χ0v) is 26.5. The van der Waals surface area contributed by atoms with Gasteiger partial charge in [0.15, 0.2) is 0 Å². The van der Waals surface area contributed by atoms with Crippen molar-refractivity contribution in [3.63, 3.8) is 0 Å². The van der Waals surface area contributed by atoms with Crippen molar-refractivity contribution in [1.29, 1.82) is 0 Å². The predicted octanol–water partition coefficient (Wildman–Crippen LogP) is 3.44. The molecule has 5 N–H and O–H groups in total. The van der Waals surface area contributed by atoms with Crippen LogP contribution in [0.1, 0.15) is 71.9 Å². The molecule has 0 bridgehead atoms. The number of carbonyl (C=O) groups is 5. The summed E-state index contributed by atoms with van der Waals surface area (Å²) in [6.07, 6.45) is -3.90. The van der Waals surface area contributed by atoms with Crippen LogP contribution in [0.3, 0.4) is 0 Å². The molecule has 13 heteroatoms. The second-order valence-electron chi connectivity index (χ2n) is 11.9. The highest BCUT2D eigenvalue weighted by molar-refractivity contribution is 5.94. The Kier molecular flexibility index (Phi) is 17.0. The summed E-state index contributed by atoms with van der Waals surface area (Å²) >= 11 is 0. The van der Waals surface area contributed by atoms with Crippen LogP contribution in [-0.4, -0.2) is 72.6 Å². The Balaban J connectivity index is 2.95. The molecule has 1 aromatic carbocycles. The van der Waals surface area contributed by atoms with E-state index in [0.29, 0.717) is 12.8 Å². The quantitative estimate of drug-likeness (QED) is 0.157. The molecule has 0 radical (unpaired) electrons. The van der Waals surface area contributed by atoms with Gasteiger partial charge in [-0.1, -0.05) is 65.8 Å². The largest absolute Gasteiger partial charge is 0.481 e. The molecule has 0 heterocycles. The number of alkyl carbamates (subject to hydrolysis) is 1. The third kappa shape index (κ3) is 15.1. The topological polar surface area (TPSA) is 163 Å². The number of benzene rings is 1. The maximum Gasteiger partial charge on any atom is 0.407 e. The Hall–Kier alpha value is -3.77. The van der Waals surface area contributed by atoms with Crippen LogP contribution in [0.15, 0.2) is 24.3 Å². The molecule has 11 nitrogen and oxygen atoms in total. The number of halogens is 2. The Bertz CT molecular complexity index is 1100. The van der Waals surface area contributed by atoms with Gasteiger partial charge in [-0.25, -0.2) is 13.6 Å². The lowest BCUT2D eigenvalue weighted by molar-refractivity contribution is -0.137. The summed E-state index contributed by atoms with van der Waals surface area (Å²) in [7, 11) is 0. The van der Waals surface area contributed by atoms with Crippen molar-refractivity contribution in [2.75, 3.05) is 13.2 Å². The van der Waals surface area contributed by atoms with E-state index in [4.69, 9.17) is 9.84 Å². The molecule has 3 atom stereocenters. The number of carbonyl (C=O) groups excluding carboxylic acids is 4. The average molecular weight is 627 g/mol. The molecular weight excluding hydrogens is 578 g/mol. The van der Waals surface area contributed by atoms with Gasteiger partial charge >= 0.3 is 12.1 Å². The summed E-state index contributed by atoms with van der Waals surface area (Å²) in [5.74, 6) is -3.58. The van der Waals surface area contributed by atoms with Crippen LogP contribution in [0.25, 0.3) is 0 Å². The maximum absolute atomic E-state index is 13.4. The standard InChI is InChI=1S/C31H48F2N4O7/c1-18(2)15-23(36-30(42)27(20(5)6)37-31(43)44-17-19(3)4)29(41)35-24(16-25(32)33)28(40)34-14-13-22-10-8-7-9-21(22)11-12-26(38)39/h7-10,18-20,23-25,27H,11-17H2,1-6H3,(H,34,40)(H,35,41)(H,36,42)(H,37,43)(H,38,39)/t23-,24-,27-/m0/s1. The number of nitrogens with one attached hydrogen (secondary N) is 4. The molecule has 248 valence electrons. The van der Waals surface area contributed by atoms with E-state index in [0.717, 1.165) is 11.1 Å². The number of carboxylic acids is 1. The molecule has 0 aromatic heterocycles. The average Bonchev–Trinajstić information content (AvgIpc) is 2.92. The number of carboxylic acid groups (broad SMARTS) is 1. The van der Waals surface area contributed by atoms with Crippen LogP contribution in [0, 0.1) is 17.8 Å². The fraction of sp³-hybridized carbons (Fsp3) is 0.645. The van der Waals surface area contributed by atoms with E-state index in [9.17, 15) is 32.8 Å². The number of ether oxygens (including phenoxy) is 1. The molecular formula is C31H48F2N4O7. The molecule has 44 heavy (non-hydrogen) atoms. The molecule has 0 aliphatic carbocycles. The van der Waals surface area contributed by atoms with E-state index in [1.165, 1.54) is 0 Å². The summed E-state index contributed by atoms with van der Waals surface area (Å²) in [6, 6.07) is 3.38. The van der Waals surface area contributed by atoms with Crippen LogP contribution in [0.2, 0.25) is 0 Å². The van der Waals surface area contributed by atoms with E-state index in [1.807, 2.05) is 27.7 Å². The van der Waals surface area contributed by atoms with Gasteiger partial charge in [-0.2, -0.15) is 0 Å². The predicted molar refractivity (Wildman–Crippen MR) is 161 cm³/mol. The lowest BCUT2D eigenvalue weighted by Crippen LogP contribution is -2.58. The van der Waals surface area contributed by atoms with Gasteiger partial charge in [0, 0.05) is 19.4 Å². The number of rotatable bonds is 19. The van der Waals surface area contributed by atoms with Crippen molar-refractivity contribution in [3.8, 4) is 0 Å². The van der Waals surface area contributed by atoms with Gasteiger partial charge in [0.25, 0.3) is 0 Å². The van der Waals surface area contributed by atoms with Crippen molar-refractivity contribution >= 4 is 29.8 Å². The molecule has 4 amide bonds. The highest BCUT2D eigenvalue weighted by Gasteiger charge is 2.32. The van der Waals surface area contributed by atoms with Crippen LogP contribution >= 0.6 is 0 Å². The minimum absolute atomic E-state index is 0.0594. The zero-order valence-electron chi connectivity index (χ0n) is 26.5. The first kappa shape index (κ1) is 38.3. The number of aryl methyl sites for hydroxylation is 1. The fourth-order valence-corrected chi connectivity index (χ4v) is 4.32. The van der Waals surface area contributed by atoms with Crippen molar-refractivity contribution in [3.05, 3.63) is 35.4 Å². The third-order valence-electron chi connectivity index (χ3n) is 6.58. The molecule has 1 aromatic rings. The third-order valence-corrected chi connectivity index (χ3v) is 6.58. The normalized spacial score (nSPS) is 13.4. The summed E-state index contributed by atoms with van der Waals surface area (Å²) in [6.45, 7) is 11.0. The Morgan fingerprint density at radius 2 is 1.34 bits per heavy atom. The van der Waals surface area contributed by atoms with E-state index in [-0.39, 0.29) is 43.7 Å². The van der Waals surface area contributed by atoms with Gasteiger partial charge in [-0.05, 0) is 48.1 Å². The first-order valence-corrected chi connectivity index (χ1v) is 15.0. The van der Waals surface area contributed by atoms with Gasteiger partial charge in [0.05, 0.1) is 6.61 Å². The van der Waals surface area contributed by atoms with E-state index >= 15 is 0 Å². The minimum Gasteiger partial charge on any atom is -0.481 e. The first-order chi connectivity index (χ1) is 20.6. The molecule has 0 saturated carbocycles.